The Morgan fingerprint density at radius 1 is 1.43 bits per heavy atom. The van der Waals surface area contributed by atoms with Crippen LogP contribution in [0.5, 0.6) is 0 Å². The van der Waals surface area contributed by atoms with E-state index in [1.54, 1.807) is 18.3 Å². The molecule has 1 N–H and O–H groups in total. The van der Waals surface area contributed by atoms with Crippen molar-refractivity contribution in [2.45, 2.75) is 39.3 Å². The molecule has 0 aliphatic rings. The van der Waals surface area contributed by atoms with E-state index in [4.69, 9.17) is 11.6 Å². The first-order valence-electron chi connectivity index (χ1n) is 6.73. The summed E-state index contributed by atoms with van der Waals surface area (Å²) in [6, 6.07) is 3.66. The fourth-order valence-electron chi connectivity index (χ4n) is 1.87. The largest absolute Gasteiger partial charge is 0.382 e. The molecule has 0 aromatic carbocycles. The van der Waals surface area contributed by atoms with Gasteiger partial charge in [0.2, 0.25) is 0 Å². The van der Waals surface area contributed by atoms with Crippen LogP contribution >= 0.6 is 11.6 Å². The molecular formula is C14H17ClF2N4. The first kappa shape index (κ1) is 15.7. The number of rotatable bonds is 6. The van der Waals surface area contributed by atoms with Crippen LogP contribution in [-0.4, -0.2) is 27.2 Å². The molecule has 2 heterocycles. The van der Waals surface area contributed by atoms with Crippen LogP contribution in [0.15, 0.2) is 24.5 Å². The lowest BCUT2D eigenvalue weighted by Crippen LogP contribution is -2.14. The van der Waals surface area contributed by atoms with Crippen LogP contribution in [-0.2, 0) is 6.54 Å². The van der Waals surface area contributed by atoms with Gasteiger partial charge in [-0.3, -0.25) is 4.68 Å². The van der Waals surface area contributed by atoms with Gasteiger partial charge in [-0.05, 0) is 25.5 Å². The fraction of sp³-hybridized carbons (Fsp3) is 0.429. The van der Waals surface area contributed by atoms with Crippen LogP contribution in [0.4, 0.5) is 14.5 Å². The van der Waals surface area contributed by atoms with Crippen LogP contribution in [0.25, 0.3) is 11.3 Å². The van der Waals surface area contributed by atoms with Crippen LogP contribution in [0.2, 0.25) is 5.15 Å². The zero-order valence-electron chi connectivity index (χ0n) is 11.9. The maximum absolute atomic E-state index is 12.4. The molecule has 21 heavy (non-hydrogen) atoms. The molecule has 0 bridgehead atoms. The molecule has 0 fully saturated rings. The lowest BCUT2D eigenvalue weighted by molar-refractivity contribution is 0.122. The number of halogens is 3. The highest BCUT2D eigenvalue weighted by Gasteiger charge is 2.13. The molecule has 1 atom stereocenters. The van der Waals surface area contributed by atoms with Gasteiger partial charge in [-0.25, -0.2) is 13.8 Å². The van der Waals surface area contributed by atoms with Crippen molar-refractivity contribution in [3.63, 3.8) is 0 Å². The van der Waals surface area contributed by atoms with Crippen molar-refractivity contribution in [1.82, 2.24) is 14.8 Å². The second kappa shape index (κ2) is 6.85. The molecule has 0 radical (unpaired) electrons. The quantitative estimate of drug-likeness (QED) is 0.817. The third-order valence-electron chi connectivity index (χ3n) is 3.13. The van der Waals surface area contributed by atoms with Gasteiger partial charge in [0.1, 0.15) is 11.7 Å². The highest BCUT2D eigenvalue weighted by Crippen LogP contribution is 2.28. The molecule has 0 aliphatic carbocycles. The molecule has 0 spiro atoms. The number of hydrogen-bond donors (Lipinski definition) is 1. The normalized spacial score (nSPS) is 12.7. The SMILES string of the molecule is CCC(C)Nc1cc(Cl)ncc1-c1ccn(CC(F)F)n1. The van der Waals surface area contributed by atoms with Crippen LogP contribution in [0, 0.1) is 0 Å². The lowest BCUT2D eigenvalue weighted by Gasteiger charge is -2.15. The Labute approximate surface area is 127 Å². The van der Waals surface area contributed by atoms with Gasteiger partial charge in [0.15, 0.2) is 0 Å². The second-order valence-corrected chi connectivity index (χ2v) is 5.21. The molecule has 2 rings (SSSR count). The van der Waals surface area contributed by atoms with Crippen molar-refractivity contribution in [2.75, 3.05) is 5.32 Å². The van der Waals surface area contributed by atoms with Gasteiger partial charge in [0, 0.05) is 29.7 Å². The first-order chi connectivity index (χ1) is 9.99. The summed E-state index contributed by atoms with van der Waals surface area (Å²) in [5, 5.41) is 7.86. The van der Waals surface area contributed by atoms with E-state index in [1.807, 2.05) is 6.92 Å². The third-order valence-corrected chi connectivity index (χ3v) is 3.33. The van der Waals surface area contributed by atoms with E-state index in [0.717, 1.165) is 17.7 Å². The Hall–Kier alpha value is -1.69. The summed E-state index contributed by atoms with van der Waals surface area (Å²) < 4.78 is 26.0. The highest BCUT2D eigenvalue weighted by atomic mass is 35.5. The average Bonchev–Trinajstić information content (AvgIpc) is 2.86. The number of anilines is 1. The minimum Gasteiger partial charge on any atom is -0.382 e. The highest BCUT2D eigenvalue weighted by molar-refractivity contribution is 6.29. The van der Waals surface area contributed by atoms with Crippen LogP contribution in [0.1, 0.15) is 20.3 Å². The minimum atomic E-state index is -2.43. The predicted molar refractivity (Wildman–Crippen MR) is 79.8 cm³/mol. The smallest absolute Gasteiger partial charge is 0.257 e. The van der Waals surface area contributed by atoms with Gasteiger partial charge in [-0.1, -0.05) is 18.5 Å². The topological polar surface area (TPSA) is 42.7 Å². The van der Waals surface area contributed by atoms with E-state index in [1.165, 1.54) is 10.9 Å². The maximum Gasteiger partial charge on any atom is 0.257 e. The summed E-state index contributed by atoms with van der Waals surface area (Å²) >= 11 is 5.93. The minimum absolute atomic E-state index is 0.255. The van der Waals surface area contributed by atoms with E-state index in [9.17, 15) is 8.78 Å². The Kier molecular flexibility index (Phi) is 5.12. The summed E-state index contributed by atoms with van der Waals surface area (Å²) in [6.07, 6.45) is 1.64. The monoisotopic (exact) mass is 314 g/mol. The van der Waals surface area contributed by atoms with Gasteiger partial charge >= 0.3 is 0 Å². The molecule has 2 aromatic heterocycles. The van der Waals surface area contributed by atoms with Crippen molar-refractivity contribution < 1.29 is 8.78 Å². The molecule has 114 valence electrons. The molecule has 2 aromatic rings. The Bertz CT molecular complexity index is 600. The fourth-order valence-corrected chi connectivity index (χ4v) is 2.03. The lowest BCUT2D eigenvalue weighted by atomic mass is 10.1. The first-order valence-corrected chi connectivity index (χ1v) is 7.11. The molecule has 7 heteroatoms. The molecule has 0 saturated heterocycles. The van der Waals surface area contributed by atoms with Crippen molar-refractivity contribution in [3.05, 3.63) is 29.7 Å². The van der Waals surface area contributed by atoms with Gasteiger partial charge in [0.05, 0.1) is 5.69 Å². The van der Waals surface area contributed by atoms with Crippen LogP contribution < -0.4 is 5.32 Å². The number of hydrogen-bond acceptors (Lipinski definition) is 3. The number of alkyl halides is 2. The average molecular weight is 315 g/mol. The number of nitrogens with one attached hydrogen (secondary N) is 1. The molecule has 4 nitrogen and oxygen atoms in total. The van der Waals surface area contributed by atoms with E-state index in [0.29, 0.717) is 10.8 Å². The zero-order valence-corrected chi connectivity index (χ0v) is 12.6. The Morgan fingerprint density at radius 3 is 2.86 bits per heavy atom. The molecular weight excluding hydrogens is 298 g/mol. The molecule has 0 saturated carbocycles. The summed E-state index contributed by atoms with van der Waals surface area (Å²) in [4.78, 5) is 4.05. The van der Waals surface area contributed by atoms with Crippen molar-refractivity contribution in [2.24, 2.45) is 0 Å². The third kappa shape index (κ3) is 4.14. The van der Waals surface area contributed by atoms with Crippen molar-refractivity contribution in [1.29, 1.82) is 0 Å². The predicted octanol–water partition coefficient (Wildman–Crippen LogP) is 4.07. The number of pyridine rings is 1. The standard InChI is InChI=1S/C14H17ClF2N4/c1-3-9(2)19-12-6-13(15)18-7-10(12)11-4-5-21(20-11)8-14(16)17/h4-7,9,14H,3,8H2,1-2H3,(H,18,19). The summed E-state index contributed by atoms with van der Waals surface area (Å²) in [5.41, 5.74) is 2.13. The molecule has 0 aliphatic heterocycles. The number of aromatic nitrogens is 3. The molecule has 1 unspecified atom stereocenters. The van der Waals surface area contributed by atoms with E-state index in [-0.39, 0.29) is 6.04 Å². The summed E-state index contributed by atoms with van der Waals surface area (Å²) in [7, 11) is 0. The Morgan fingerprint density at radius 2 is 2.19 bits per heavy atom. The Balaban J connectivity index is 2.31. The zero-order chi connectivity index (χ0) is 15.4. The van der Waals surface area contributed by atoms with E-state index >= 15 is 0 Å². The molecule has 0 amide bonds. The second-order valence-electron chi connectivity index (χ2n) is 4.82. The number of nitrogens with zero attached hydrogens (tertiary/aromatic N) is 3. The van der Waals surface area contributed by atoms with Gasteiger partial charge < -0.3 is 5.32 Å². The summed E-state index contributed by atoms with van der Waals surface area (Å²) in [5.74, 6) is 0. The van der Waals surface area contributed by atoms with Crippen molar-refractivity contribution in [3.8, 4) is 11.3 Å². The van der Waals surface area contributed by atoms with Gasteiger partial charge in [-0.2, -0.15) is 5.10 Å². The van der Waals surface area contributed by atoms with Gasteiger partial charge in [0.25, 0.3) is 6.43 Å². The van der Waals surface area contributed by atoms with Gasteiger partial charge in [-0.15, -0.1) is 0 Å². The van der Waals surface area contributed by atoms with E-state index < -0.39 is 13.0 Å². The maximum atomic E-state index is 12.4. The van der Waals surface area contributed by atoms with E-state index in [2.05, 4.69) is 22.3 Å². The summed E-state index contributed by atoms with van der Waals surface area (Å²) in [6.45, 7) is 3.69. The van der Waals surface area contributed by atoms with Crippen molar-refractivity contribution >= 4 is 17.3 Å². The van der Waals surface area contributed by atoms with Crippen LogP contribution in [0.3, 0.4) is 0 Å².